The second kappa shape index (κ2) is 12.9. The summed E-state index contributed by atoms with van der Waals surface area (Å²) in [6.07, 6.45) is -2.66. The first-order chi connectivity index (χ1) is 24.1. The number of ether oxygens (including phenoxy) is 4. The van der Waals surface area contributed by atoms with E-state index in [2.05, 4.69) is 40.7 Å². The van der Waals surface area contributed by atoms with Gasteiger partial charge < -0.3 is 54.7 Å². The molecule has 7 rings (SSSR count). The Kier molecular flexibility index (Phi) is 9.71. The summed E-state index contributed by atoms with van der Waals surface area (Å²) in [5.74, 6) is -0.480. The van der Waals surface area contributed by atoms with E-state index in [-0.39, 0.29) is 46.0 Å². The van der Waals surface area contributed by atoms with Crippen LogP contribution in [0.4, 0.5) is 0 Å². The van der Waals surface area contributed by atoms with Crippen LogP contribution < -0.4 is 0 Å². The number of carbonyl (C=O) groups is 1. The predicted molar refractivity (Wildman–Crippen MR) is 187 cm³/mol. The Labute approximate surface area is 307 Å². The van der Waals surface area contributed by atoms with Crippen LogP contribution in [-0.4, -0.2) is 115 Å². The number of hydrogen-bond donors (Lipinski definition) is 7. The monoisotopic (exact) mass is 736 g/mol. The SMILES string of the molecule is CC1OC(O)C(O)C(OC2C(OC3CCC4(C)C(CCC5(C)C4CC=C4C6CC(C)(C)CCC6(C(=O)O)CCC45C)C3(C)O)OCC(O)C2O)C1O. The molecule has 2 saturated heterocycles. The van der Waals surface area contributed by atoms with E-state index >= 15 is 0 Å². The molecule has 18 atom stereocenters. The number of fused-ring (bicyclic) bond motifs is 7. The van der Waals surface area contributed by atoms with Crippen LogP contribution in [0.15, 0.2) is 11.6 Å². The molecule has 7 aliphatic rings. The van der Waals surface area contributed by atoms with Crippen LogP contribution >= 0.6 is 0 Å². The highest BCUT2D eigenvalue weighted by molar-refractivity contribution is 5.76. The maximum atomic E-state index is 13.0. The smallest absolute Gasteiger partial charge is 0.310 e. The van der Waals surface area contributed by atoms with Gasteiger partial charge in [-0.25, -0.2) is 0 Å². The standard InChI is InChI=1S/C40H64O12/c1-20-27(42)30(29(44)32(45)50-20)52-31-28(43)23(41)19-49-33(31)51-26-11-12-36(4)24-9-8-21-22-18-35(2,3)14-16-40(22,34(46)47)17-15-37(21,5)38(24,6)13-10-25(36)39(26,7)48/h8,20,22-33,41-45,48H,9-19H2,1-7H3,(H,46,47). The molecule has 18 unspecified atom stereocenters. The molecule has 296 valence electrons. The molecule has 12 nitrogen and oxygen atoms in total. The number of carboxylic acids is 1. The Morgan fingerprint density at radius 3 is 2.21 bits per heavy atom. The van der Waals surface area contributed by atoms with Crippen molar-refractivity contribution in [1.82, 2.24) is 0 Å². The number of allylic oxidation sites excluding steroid dienone is 2. The van der Waals surface area contributed by atoms with Crippen LogP contribution in [0.5, 0.6) is 0 Å². The highest BCUT2D eigenvalue weighted by Gasteiger charge is 2.70. The van der Waals surface area contributed by atoms with Crippen LogP contribution in [0.2, 0.25) is 0 Å². The molecular weight excluding hydrogens is 672 g/mol. The zero-order chi connectivity index (χ0) is 38.0. The van der Waals surface area contributed by atoms with Gasteiger partial charge >= 0.3 is 5.97 Å². The lowest BCUT2D eigenvalue weighted by molar-refractivity contribution is -0.352. The highest BCUT2D eigenvalue weighted by atomic mass is 16.7. The van der Waals surface area contributed by atoms with Crippen molar-refractivity contribution in [3.05, 3.63) is 11.6 Å². The van der Waals surface area contributed by atoms with Gasteiger partial charge in [0.05, 0.1) is 29.8 Å². The maximum Gasteiger partial charge on any atom is 0.310 e. The van der Waals surface area contributed by atoms with Gasteiger partial charge in [0, 0.05) is 0 Å². The summed E-state index contributed by atoms with van der Waals surface area (Å²) in [5.41, 5.74) is -1.02. The second-order valence-electron chi connectivity index (χ2n) is 19.6. The molecule has 4 saturated carbocycles. The molecule has 0 radical (unpaired) electrons. The molecule has 0 aromatic rings. The maximum absolute atomic E-state index is 13.0. The largest absolute Gasteiger partial charge is 0.481 e. The molecule has 0 amide bonds. The van der Waals surface area contributed by atoms with Crippen molar-refractivity contribution in [3.63, 3.8) is 0 Å². The van der Waals surface area contributed by atoms with Gasteiger partial charge in [-0.05, 0) is 117 Å². The van der Waals surface area contributed by atoms with Gasteiger partial charge in [-0.1, -0.05) is 46.3 Å². The molecule has 6 fully saturated rings. The average Bonchev–Trinajstić information content (AvgIpc) is 3.06. The summed E-state index contributed by atoms with van der Waals surface area (Å²) in [7, 11) is 0. The van der Waals surface area contributed by atoms with Gasteiger partial charge in [-0.3, -0.25) is 4.79 Å². The van der Waals surface area contributed by atoms with Gasteiger partial charge in [0.2, 0.25) is 0 Å². The van der Waals surface area contributed by atoms with E-state index in [1.54, 1.807) is 0 Å². The molecule has 2 heterocycles. The van der Waals surface area contributed by atoms with Crippen molar-refractivity contribution in [2.24, 2.45) is 44.8 Å². The van der Waals surface area contributed by atoms with Gasteiger partial charge in [-0.2, -0.15) is 0 Å². The number of aliphatic carboxylic acids is 1. The first-order valence-electron chi connectivity index (χ1n) is 19.8. The second-order valence-corrected chi connectivity index (χ2v) is 19.6. The van der Waals surface area contributed by atoms with Gasteiger partial charge in [0.1, 0.15) is 36.6 Å². The first-order valence-corrected chi connectivity index (χ1v) is 19.8. The third kappa shape index (κ3) is 5.63. The molecule has 0 bridgehead atoms. The van der Waals surface area contributed by atoms with Crippen molar-refractivity contribution in [1.29, 1.82) is 0 Å². The van der Waals surface area contributed by atoms with Crippen LogP contribution in [0.3, 0.4) is 0 Å². The Hall–Kier alpha value is -1.19. The van der Waals surface area contributed by atoms with Crippen LogP contribution in [0, 0.1) is 44.8 Å². The molecule has 12 heteroatoms. The molecule has 2 aliphatic heterocycles. The number of aliphatic hydroxyl groups excluding tert-OH is 5. The van der Waals surface area contributed by atoms with Crippen molar-refractivity contribution >= 4 is 5.97 Å². The van der Waals surface area contributed by atoms with Crippen LogP contribution in [-0.2, 0) is 23.7 Å². The lowest BCUT2D eigenvalue weighted by atomic mass is 9.34. The van der Waals surface area contributed by atoms with Crippen LogP contribution in [0.25, 0.3) is 0 Å². The zero-order valence-electron chi connectivity index (χ0n) is 32.0. The normalized spacial score (nSPS) is 55.9. The van der Waals surface area contributed by atoms with E-state index in [9.17, 15) is 40.5 Å². The lowest BCUT2D eigenvalue weighted by Gasteiger charge is -2.71. The molecule has 0 aromatic heterocycles. The molecule has 5 aliphatic carbocycles. The van der Waals surface area contributed by atoms with E-state index in [0.717, 1.165) is 51.4 Å². The van der Waals surface area contributed by atoms with Gasteiger partial charge in [-0.15, -0.1) is 0 Å². The van der Waals surface area contributed by atoms with Crippen LogP contribution in [0.1, 0.15) is 113 Å². The van der Waals surface area contributed by atoms with Gasteiger partial charge in [0.25, 0.3) is 0 Å². The first kappa shape index (κ1) is 39.1. The highest BCUT2D eigenvalue weighted by Crippen LogP contribution is 2.75. The Bertz CT molecular complexity index is 1400. The van der Waals surface area contributed by atoms with E-state index < -0.39 is 78.4 Å². The lowest BCUT2D eigenvalue weighted by Crippen LogP contribution is -2.68. The average molecular weight is 737 g/mol. The minimum absolute atomic E-state index is 0.0254. The zero-order valence-corrected chi connectivity index (χ0v) is 32.0. The van der Waals surface area contributed by atoms with Crippen molar-refractivity contribution in [2.45, 2.75) is 180 Å². The predicted octanol–water partition coefficient (Wildman–Crippen LogP) is 3.27. The quantitative estimate of drug-likeness (QED) is 0.161. The fourth-order valence-corrected chi connectivity index (χ4v) is 13.0. The minimum Gasteiger partial charge on any atom is -0.481 e. The summed E-state index contributed by atoms with van der Waals surface area (Å²) < 4.78 is 23.6. The Morgan fingerprint density at radius 1 is 0.827 bits per heavy atom. The minimum atomic E-state index is -1.63. The molecule has 52 heavy (non-hydrogen) atoms. The fourth-order valence-electron chi connectivity index (χ4n) is 13.0. The van der Waals surface area contributed by atoms with E-state index in [1.165, 1.54) is 12.5 Å². The Morgan fingerprint density at radius 2 is 1.52 bits per heavy atom. The van der Waals surface area contributed by atoms with E-state index in [4.69, 9.17) is 18.9 Å². The summed E-state index contributed by atoms with van der Waals surface area (Å²) in [6.45, 7) is 14.8. The summed E-state index contributed by atoms with van der Waals surface area (Å²) in [6, 6.07) is 0. The number of hydrogen-bond acceptors (Lipinski definition) is 11. The summed E-state index contributed by atoms with van der Waals surface area (Å²) >= 11 is 0. The van der Waals surface area contributed by atoms with Gasteiger partial charge in [0.15, 0.2) is 12.6 Å². The number of carboxylic acid groups (broad SMARTS) is 1. The molecular formula is C40H64O12. The summed E-state index contributed by atoms with van der Waals surface area (Å²) in [4.78, 5) is 13.0. The fraction of sp³-hybridized carbons (Fsp3) is 0.925. The number of rotatable bonds is 5. The Balaban J connectivity index is 1.14. The van der Waals surface area contributed by atoms with Crippen molar-refractivity contribution in [2.75, 3.05) is 6.61 Å². The summed E-state index contributed by atoms with van der Waals surface area (Å²) in [5, 5.41) is 76.4. The van der Waals surface area contributed by atoms with E-state index in [1.807, 2.05) is 6.92 Å². The number of aliphatic hydroxyl groups is 6. The molecule has 0 spiro atoms. The topological polar surface area (TPSA) is 196 Å². The van der Waals surface area contributed by atoms with Crippen molar-refractivity contribution < 1.29 is 59.5 Å². The molecule has 7 N–H and O–H groups in total. The third-order valence-electron chi connectivity index (χ3n) is 16.5. The third-order valence-corrected chi connectivity index (χ3v) is 16.5. The van der Waals surface area contributed by atoms with E-state index in [0.29, 0.717) is 12.8 Å². The molecule has 0 aromatic carbocycles. The van der Waals surface area contributed by atoms with Crippen molar-refractivity contribution in [3.8, 4) is 0 Å².